The van der Waals surface area contributed by atoms with Crippen LogP contribution in [0.3, 0.4) is 0 Å². The van der Waals surface area contributed by atoms with Crippen molar-refractivity contribution in [2.45, 2.75) is 31.7 Å². The third-order valence-corrected chi connectivity index (χ3v) is 5.39. The average molecular weight is 378 g/mol. The smallest absolute Gasteiger partial charge is 0.207 e. The molecule has 23 heavy (non-hydrogen) atoms. The maximum Gasteiger partial charge on any atom is 0.207 e. The van der Waals surface area contributed by atoms with Crippen molar-refractivity contribution in [2.75, 3.05) is 18.0 Å². The molecule has 2 aliphatic rings. The maximum atomic E-state index is 10.9. The van der Waals surface area contributed by atoms with E-state index in [2.05, 4.69) is 36.2 Å². The van der Waals surface area contributed by atoms with Gasteiger partial charge in [0.1, 0.15) is 10.4 Å². The van der Waals surface area contributed by atoms with Crippen LogP contribution >= 0.6 is 15.9 Å². The second kappa shape index (κ2) is 6.11. The van der Waals surface area contributed by atoms with Gasteiger partial charge in [-0.25, -0.2) is 4.98 Å². The molecule has 7 heteroatoms. The Morgan fingerprint density at radius 2 is 2.04 bits per heavy atom. The molecule has 1 aliphatic heterocycles. The van der Waals surface area contributed by atoms with Gasteiger partial charge < -0.3 is 10.2 Å². The largest absolute Gasteiger partial charge is 0.354 e. The zero-order valence-corrected chi connectivity index (χ0v) is 14.4. The molecule has 1 N–H and O–H groups in total. The van der Waals surface area contributed by atoms with Crippen LogP contribution in [0.4, 0.5) is 5.82 Å². The standard InChI is InChI=1S/C16H20BrN5O/c17-14-7-15-18-6-5-16(22(15)20-14)21-8-12(11-1-2-11)3-4-13(9-21)19-10-23/h5-7,10-13H,1-4,8-9H2,(H,19,23). The van der Waals surface area contributed by atoms with E-state index in [0.29, 0.717) is 5.92 Å². The van der Waals surface area contributed by atoms with E-state index < -0.39 is 0 Å². The first-order valence-electron chi connectivity index (χ1n) is 8.19. The summed E-state index contributed by atoms with van der Waals surface area (Å²) in [6, 6.07) is 4.12. The van der Waals surface area contributed by atoms with Gasteiger partial charge in [0.05, 0.1) is 0 Å². The molecule has 1 saturated carbocycles. The van der Waals surface area contributed by atoms with Crippen LogP contribution in [0, 0.1) is 11.8 Å². The average Bonchev–Trinajstić information content (AvgIpc) is 3.31. The van der Waals surface area contributed by atoms with E-state index >= 15 is 0 Å². The van der Waals surface area contributed by atoms with E-state index in [-0.39, 0.29) is 6.04 Å². The van der Waals surface area contributed by atoms with Crippen molar-refractivity contribution < 1.29 is 4.79 Å². The topological polar surface area (TPSA) is 62.5 Å². The lowest BCUT2D eigenvalue weighted by atomic mass is 9.97. The Balaban J connectivity index is 1.68. The summed E-state index contributed by atoms with van der Waals surface area (Å²) in [5.41, 5.74) is 0.835. The van der Waals surface area contributed by atoms with Crippen LogP contribution in [0.1, 0.15) is 25.7 Å². The molecule has 3 heterocycles. The Hall–Kier alpha value is -1.63. The lowest BCUT2D eigenvalue weighted by molar-refractivity contribution is -0.110. The quantitative estimate of drug-likeness (QED) is 0.829. The summed E-state index contributed by atoms with van der Waals surface area (Å²) < 4.78 is 2.67. The minimum absolute atomic E-state index is 0.193. The van der Waals surface area contributed by atoms with Gasteiger partial charge in [-0.05, 0) is 59.5 Å². The summed E-state index contributed by atoms with van der Waals surface area (Å²) in [6.07, 6.45) is 7.59. The molecule has 0 aromatic carbocycles. The van der Waals surface area contributed by atoms with E-state index in [0.717, 1.165) is 47.9 Å². The summed E-state index contributed by atoms with van der Waals surface area (Å²) in [5.74, 6) is 2.61. The fourth-order valence-electron chi connectivity index (χ4n) is 3.69. The van der Waals surface area contributed by atoms with Gasteiger partial charge in [0, 0.05) is 31.4 Å². The summed E-state index contributed by atoms with van der Waals surface area (Å²) in [7, 11) is 0. The van der Waals surface area contributed by atoms with Gasteiger partial charge in [-0.1, -0.05) is 0 Å². The highest BCUT2D eigenvalue weighted by molar-refractivity contribution is 9.10. The summed E-state index contributed by atoms with van der Waals surface area (Å²) >= 11 is 3.43. The molecular weight excluding hydrogens is 358 g/mol. The third-order valence-electron chi connectivity index (χ3n) is 5.01. The second-order valence-electron chi connectivity index (χ2n) is 6.60. The lowest BCUT2D eigenvalue weighted by Gasteiger charge is -2.28. The van der Waals surface area contributed by atoms with Crippen molar-refractivity contribution in [3.05, 3.63) is 22.9 Å². The fraction of sp³-hybridized carbons (Fsp3) is 0.562. The van der Waals surface area contributed by atoms with Crippen molar-refractivity contribution in [1.82, 2.24) is 19.9 Å². The molecule has 1 aliphatic carbocycles. The van der Waals surface area contributed by atoms with Crippen LogP contribution in [0.25, 0.3) is 5.65 Å². The zero-order chi connectivity index (χ0) is 15.8. The Bertz CT molecular complexity index is 714. The first-order chi connectivity index (χ1) is 11.2. The minimum atomic E-state index is 0.193. The number of rotatable bonds is 4. The predicted molar refractivity (Wildman–Crippen MR) is 91.3 cm³/mol. The van der Waals surface area contributed by atoms with E-state index in [9.17, 15) is 4.79 Å². The van der Waals surface area contributed by atoms with E-state index in [4.69, 9.17) is 0 Å². The minimum Gasteiger partial charge on any atom is -0.354 e. The van der Waals surface area contributed by atoms with Crippen LogP contribution in [0.5, 0.6) is 0 Å². The van der Waals surface area contributed by atoms with Gasteiger partial charge in [-0.2, -0.15) is 9.61 Å². The van der Waals surface area contributed by atoms with Gasteiger partial charge >= 0.3 is 0 Å². The monoisotopic (exact) mass is 377 g/mol. The number of hydrogen-bond donors (Lipinski definition) is 1. The number of nitrogens with zero attached hydrogens (tertiary/aromatic N) is 4. The van der Waals surface area contributed by atoms with Crippen molar-refractivity contribution in [1.29, 1.82) is 0 Å². The number of anilines is 1. The maximum absolute atomic E-state index is 10.9. The number of carbonyl (C=O) groups is 1. The normalized spacial score (nSPS) is 25.3. The summed E-state index contributed by atoms with van der Waals surface area (Å²) in [4.78, 5) is 17.6. The van der Waals surface area contributed by atoms with E-state index in [1.807, 2.05) is 22.8 Å². The fourth-order valence-corrected chi connectivity index (χ4v) is 4.05. The number of halogens is 1. The predicted octanol–water partition coefficient (Wildman–Crippen LogP) is 2.23. The Labute approximate surface area is 143 Å². The number of hydrogen-bond acceptors (Lipinski definition) is 4. The summed E-state index contributed by atoms with van der Waals surface area (Å²) in [6.45, 7) is 1.84. The second-order valence-corrected chi connectivity index (χ2v) is 7.41. The van der Waals surface area contributed by atoms with Gasteiger partial charge in [0.2, 0.25) is 6.41 Å². The Morgan fingerprint density at radius 3 is 2.83 bits per heavy atom. The van der Waals surface area contributed by atoms with E-state index in [1.165, 1.54) is 19.3 Å². The Kier molecular flexibility index (Phi) is 3.97. The molecule has 4 rings (SSSR count). The molecule has 1 amide bonds. The van der Waals surface area contributed by atoms with Crippen molar-refractivity contribution in [2.24, 2.45) is 11.8 Å². The van der Waals surface area contributed by atoms with Crippen LogP contribution in [0.15, 0.2) is 22.9 Å². The third kappa shape index (κ3) is 3.06. The number of nitrogens with one attached hydrogen (secondary N) is 1. The molecule has 2 atom stereocenters. The molecular formula is C16H20BrN5O. The van der Waals surface area contributed by atoms with Crippen LogP contribution < -0.4 is 10.2 Å². The van der Waals surface area contributed by atoms with Crippen LogP contribution in [-0.2, 0) is 4.79 Å². The van der Waals surface area contributed by atoms with Gasteiger partial charge in [-0.15, -0.1) is 0 Å². The van der Waals surface area contributed by atoms with Gasteiger partial charge in [0.15, 0.2) is 5.65 Å². The highest BCUT2D eigenvalue weighted by atomic mass is 79.9. The molecule has 2 fully saturated rings. The zero-order valence-electron chi connectivity index (χ0n) is 12.9. The van der Waals surface area contributed by atoms with Gasteiger partial charge in [0.25, 0.3) is 0 Å². The molecule has 6 nitrogen and oxygen atoms in total. The molecule has 0 radical (unpaired) electrons. The molecule has 2 aromatic heterocycles. The lowest BCUT2D eigenvalue weighted by Crippen LogP contribution is -2.40. The highest BCUT2D eigenvalue weighted by Crippen LogP contribution is 2.41. The van der Waals surface area contributed by atoms with Crippen molar-refractivity contribution >= 4 is 33.8 Å². The molecule has 1 saturated heterocycles. The van der Waals surface area contributed by atoms with Crippen molar-refractivity contribution in [3.8, 4) is 0 Å². The first-order valence-corrected chi connectivity index (χ1v) is 8.99. The summed E-state index contributed by atoms with van der Waals surface area (Å²) in [5, 5.41) is 7.50. The molecule has 0 bridgehead atoms. The first kappa shape index (κ1) is 14.9. The molecule has 122 valence electrons. The number of carbonyl (C=O) groups excluding carboxylic acids is 1. The van der Waals surface area contributed by atoms with Crippen LogP contribution in [0.2, 0.25) is 0 Å². The number of aromatic nitrogens is 3. The molecule has 2 unspecified atom stereocenters. The van der Waals surface area contributed by atoms with Crippen LogP contribution in [-0.4, -0.2) is 40.1 Å². The number of amides is 1. The highest BCUT2D eigenvalue weighted by Gasteiger charge is 2.35. The van der Waals surface area contributed by atoms with Crippen molar-refractivity contribution in [3.63, 3.8) is 0 Å². The van der Waals surface area contributed by atoms with E-state index in [1.54, 1.807) is 0 Å². The SMILES string of the molecule is O=CNC1CCC(C2CC2)CN(c2ccnc3cc(Br)nn23)C1. The number of fused-ring (bicyclic) bond motifs is 1. The Morgan fingerprint density at radius 1 is 1.22 bits per heavy atom. The molecule has 0 spiro atoms. The molecule has 2 aromatic rings. The van der Waals surface area contributed by atoms with Gasteiger partial charge in [-0.3, -0.25) is 4.79 Å².